The molecule has 1 heterocycles. The van der Waals surface area contributed by atoms with Gasteiger partial charge in [0.15, 0.2) is 0 Å². The lowest BCUT2D eigenvalue weighted by Gasteiger charge is -2.22. The van der Waals surface area contributed by atoms with E-state index < -0.39 is 24.5 Å². The topological polar surface area (TPSA) is 86.7 Å². The molecule has 1 unspecified atom stereocenters. The van der Waals surface area contributed by atoms with Crippen LogP contribution in [0.3, 0.4) is 0 Å². The predicted molar refractivity (Wildman–Crippen MR) is 74.3 cm³/mol. The number of aliphatic carboxylic acids is 1. The SMILES string of the molecule is C#CCN(CC(=O)O)C(=O)C(C)NC(=O)c1cccs1. The molecule has 0 aliphatic carbocycles. The second-order valence-electron chi connectivity index (χ2n) is 3.96. The van der Waals surface area contributed by atoms with Crippen molar-refractivity contribution in [2.45, 2.75) is 13.0 Å². The van der Waals surface area contributed by atoms with E-state index in [0.717, 1.165) is 4.90 Å². The summed E-state index contributed by atoms with van der Waals surface area (Å²) in [6.07, 6.45) is 5.10. The highest BCUT2D eigenvalue weighted by atomic mass is 32.1. The number of carboxylic acids is 1. The first-order valence-electron chi connectivity index (χ1n) is 5.74. The fraction of sp³-hybridized carbons (Fsp3) is 0.308. The van der Waals surface area contributed by atoms with Gasteiger partial charge in [0.1, 0.15) is 12.6 Å². The van der Waals surface area contributed by atoms with E-state index in [1.165, 1.54) is 18.3 Å². The molecule has 0 saturated heterocycles. The molecule has 2 amide bonds. The first-order valence-corrected chi connectivity index (χ1v) is 6.62. The van der Waals surface area contributed by atoms with Gasteiger partial charge in [-0.2, -0.15) is 0 Å². The Labute approximate surface area is 120 Å². The highest BCUT2D eigenvalue weighted by Crippen LogP contribution is 2.08. The number of carboxylic acid groups (broad SMARTS) is 1. The highest BCUT2D eigenvalue weighted by Gasteiger charge is 2.23. The average Bonchev–Trinajstić information content (AvgIpc) is 2.90. The summed E-state index contributed by atoms with van der Waals surface area (Å²) in [6.45, 7) is 0.867. The number of rotatable bonds is 6. The van der Waals surface area contributed by atoms with Crippen molar-refractivity contribution in [3.05, 3.63) is 22.4 Å². The van der Waals surface area contributed by atoms with Crippen LogP contribution in [0.2, 0.25) is 0 Å². The average molecular weight is 294 g/mol. The fourth-order valence-corrected chi connectivity index (χ4v) is 2.12. The van der Waals surface area contributed by atoms with E-state index in [4.69, 9.17) is 11.5 Å². The third-order valence-electron chi connectivity index (χ3n) is 2.38. The molecular formula is C13H14N2O4S. The van der Waals surface area contributed by atoms with Gasteiger partial charge in [-0.1, -0.05) is 12.0 Å². The molecular weight excluding hydrogens is 280 g/mol. The Balaban J connectivity index is 2.67. The molecule has 20 heavy (non-hydrogen) atoms. The first-order chi connectivity index (χ1) is 9.45. The third kappa shape index (κ3) is 4.40. The molecule has 0 bridgehead atoms. The molecule has 7 heteroatoms. The van der Waals surface area contributed by atoms with Gasteiger partial charge in [-0.25, -0.2) is 0 Å². The van der Waals surface area contributed by atoms with Crippen LogP contribution in [0.25, 0.3) is 0 Å². The number of nitrogens with one attached hydrogen (secondary N) is 1. The Morgan fingerprint density at radius 2 is 2.25 bits per heavy atom. The lowest BCUT2D eigenvalue weighted by Crippen LogP contribution is -2.48. The molecule has 0 aliphatic rings. The summed E-state index contributed by atoms with van der Waals surface area (Å²) in [5.74, 6) is 0.149. The van der Waals surface area contributed by atoms with Crippen LogP contribution in [0.1, 0.15) is 16.6 Å². The molecule has 0 aromatic carbocycles. The van der Waals surface area contributed by atoms with Crippen LogP contribution in [0, 0.1) is 12.3 Å². The number of amides is 2. The van der Waals surface area contributed by atoms with Crippen molar-refractivity contribution in [2.75, 3.05) is 13.1 Å². The van der Waals surface area contributed by atoms with Crippen LogP contribution in [0.15, 0.2) is 17.5 Å². The second-order valence-corrected chi connectivity index (χ2v) is 4.91. The molecule has 0 spiro atoms. The summed E-state index contributed by atoms with van der Waals surface area (Å²) >= 11 is 1.25. The Bertz CT molecular complexity index is 533. The Kier molecular flexibility index (Phi) is 5.74. The number of hydrogen-bond donors (Lipinski definition) is 2. The van der Waals surface area contributed by atoms with Gasteiger partial charge in [0.05, 0.1) is 11.4 Å². The number of nitrogens with zero attached hydrogens (tertiary/aromatic N) is 1. The lowest BCUT2D eigenvalue weighted by molar-refractivity contribution is -0.144. The van der Waals surface area contributed by atoms with Gasteiger partial charge in [0, 0.05) is 0 Å². The van der Waals surface area contributed by atoms with Crippen molar-refractivity contribution >= 4 is 29.1 Å². The van der Waals surface area contributed by atoms with Crippen LogP contribution >= 0.6 is 11.3 Å². The van der Waals surface area contributed by atoms with E-state index in [-0.39, 0.29) is 12.5 Å². The summed E-state index contributed by atoms with van der Waals surface area (Å²) in [5, 5.41) is 13.0. The van der Waals surface area contributed by atoms with E-state index in [9.17, 15) is 14.4 Å². The fourth-order valence-electron chi connectivity index (χ4n) is 1.50. The zero-order chi connectivity index (χ0) is 15.1. The van der Waals surface area contributed by atoms with Gasteiger partial charge in [-0.15, -0.1) is 17.8 Å². The van der Waals surface area contributed by atoms with Crippen LogP contribution < -0.4 is 5.32 Å². The largest absolute Gasteiger partial charge is 0.480 e. The van der Waals surface area contributed by atoms with Crippen molar-refractivity contribution in [2.24, 2.45) is 0 Å². The molecule has 106 valence electrons. The quantitative estimate of drug-likeness (QED) is 0.744. The smallest absolute Gasteiger partial charge is 0.323 e. The van der Waals surface area contributed by atoms with Crippen LogP contribution in [0.4, 0.5) is 0 Å². The summed E-state index contributed by atoms with van der Waals surface area (Å²) < 4.78 is 0. The predicted octanol–water partition coefficient (Wildman–Crippen LogP) is 0.413. The van der Waals surface area contributed by atoms with Gasteiger partial charge in [-0.05, 0) is 18.4 Å². The molecule has 1 atom stereocenters. The van der Waals surface area contributed by atoms with Crippen molar-refractivity contribution in [1.29, 1.82) is 0 Å². The van der Waals surface area contributed by atoms with Gasteiger partial charge >= 0.3 is 5.97 Å². The van der Waals surface area contributed by atoms with Crippen molar-refractivity contribution in [3.8, 4) is 12.3 Å². The monoisotopic (exact) mass is 294 g/mol. The summed E-state index contributed by atoms with van der Waals surface area (Å²) in [5.41, 5.74) is 0. The summed E-state index contributed by atoms with van der Waals surface area (Å²) in [4.78, 5) is 36.0. The summed E-state index contributed by atoms with van der Waals surface area (Å²) in [6, 6.07) is 2.51. The number of thiophene rings is 1. The zero-order valence-corrected chi connectivity index (χ0v) is 11.6. The molecule has 1 aromatic rings. The lowest BCUT2D eigenvalue weighted by atomic mass is 10.2. The zero-order valence-electron chi connectivity index (χ0n) is 10.8. The third-order valence-corrected chi connectivity index (χ3v) is 3.25. The van der Waals surface area contributed by atoms with E-state index in [1.54, 1.807) is 17.5 Å². The maximum absolute atomic E-state index is 12.0. The van der Waals surface area contributed by atoms with Crippen molar-refractivity contribution in [1.82, 2.24) is 10.2 Å². The van der Waals surface area contributed by atoms with Gasteiger partial charge in [-0.3, -0.25) is 14.4 Å². The molecule has 0 aliphatic heterocycles. The Hall–Kier alpha value is -2.33. The minimum atomic E-state index is -1.16. The van der Waals surface area contributed by atoms with E-state index in [2.05, 4.69) is 11.2 Å². The molecule has 0 radical (unpaired) electrons. The number of hydrogen-bond acceptors (Lipinski definition) is 4. The first kappa shape index (κ1) is 15.7. The number of terminal acetylenes is 1. The van der Waals surface area contributed by atoms with Crippen molar-refractivity contribution in [3.63, 3.8) is 0 Å². The molecule has 1 aromatic heterocycles. The normalized spacial score (nSPS) is 11.2. The van der Waals surface area contributed by atoms with Crippen LogP contribution in [0.5, 0.6) is 0 Å². The second kappa shape index (κ2) is 7.31. The van der Waals surface area contributed by atoms with Gasteiger partial charge in [0.2, 0.25) is 5.91 Å². The molecule has 0 saturated carbocycles. The van der Waals surface area contributed by atoms with E-state index >= 15 is 0 Å². The van der Waals surface area contributed by atoms with E-state index in [0.29, 0.717) is 4.88 Å². The molecule has 1 rings (SSSR count). The van der Waals surface area contributed by atoms with Crippen LogP contribution in [-0.2, 0) is 9.59 Å². The Morgan fingerprint density at radius 1 is 1.55 bits per heavy atom. The number of carbonyl (C=O) groups excluding carboxylic acids is 2. The standard InChI is InChI=1S/C13H14N2O4S/c1-3-6-15(8-11(16)17)13(19)9(2)14-12(18)10-5-4-7-20-10/h1,4-5,7,9H,6,8H2,2H3,(H,14,18)(H,16,17). The van der Waals surface area contributed by atoms with Crippen LogP contribution in [-0.4, -0.2) is 46.9 Å². The van der Waals surface area contributed by atoms with Gasteiger partial charge in [0.25, 0.3) is 5.91 Å². The Morgan fingerprint density at radius 3 is 2.75 bits per heavy atom. The molecule has 0 fully saturated rings. The minimum absolute atomic E-state index is 0.121. The molecule has 2 N–H and O–H groups in total. The highest BCUT2D eigenvalue weighted by molar-refractivity contribution is 7.12. The summed E-state index contributed by atoms with van der Waals surface area (Å²) in [7, 11) is 0. The number of carbonyl (C=O) groups is 3. The maximum atomic E-state index is 12.0. The van der Waals surface area contributed by atoms with E-state index in [1.807, 2.05) is 0 Å². The minimum Gasteiger partial charge on any atom is -0.480 e. The maximum Gasteiger partial charge on any atom is 0.323 e. The molecule has 6 nitrogen and oxygen atoms in total. The van der Waals surface area contributed by atoms with Crippen molar-refractivity contribution < 1.29 is 19.5 Å². The van der Waals surface area contributed by atoms with Gasteiger partial charge < -0.3 is 15.3 Å².